The van der Waals surface area contributed by atoms with Crippen molar-refractivity contribution in [3.8, 4) is 29.0 Å². The van der Waals surface area contributed by atoms with Crippen LogP contribution in [0.2, 0.25) is 5.02 Å². The molecule has 3 atom stereocenters. The molecule has 0 radical (unpaired) electrons. The van der Waals surface area contributed by atoms with Gasteiger partial charge in [0.2, 0.25) is 0 Å². The topological polar surface area (TPSA) is 74.5 Å². The molecule has 0 amide bonds. The highest BCUT2D eigenvalue weighted by Crippen LogP contribution is 2.51. The van der Waals surface area contributed by atoms with E-state index < -0.39 is 53.1 Å². The van der Waals surface area contributed by atoms with Gasteiger partial charge in [-0.15, -0.1) is 11.3 Å². The smallest absolute Gasteiger partial charge is 0.319 e. The van der Waals surface area contributed by atoms with Gasteiger partial charge in [-0.1, -0.05) is 24.6 Å². The molecule has 5 heterocycles. The van der Waals surface area contributed by atoms with Gasteiger partial charge in [-0.3, -0.25) is 4.90 Å². The monoisotopic (exact) mass is 681 g/mol. The van der Waals surface area contributed by atoms with Crippen molar-refractivity contribution in [2.24, 2.45) is 0 Å². The third-order valence-corrected chi connectivity index (χ3v) is 10.6. The van der Waals surface area contributed by atoms with Gasteiger partial charge in [0.1, 0.15) is 48.2 Å². The molecule has 0 spiro atoms. The van der Waals surface area contributed by atoms with Gasteiger partial charge in [0.25, 0.3) is 6.43 Å². The molecule has 0 N–H and O–H groups in total. The lowest BCUT2D eigenvalue weighted by Crippen LogP contribution is -2.44. The molecule has 2 saturated heterocycles. The molecule has 2 aromatic heterocycles. The minimum atomic E-state index is -2.79. The van der Waals surface area contributed by atoms with Crippen molar-refractivity contribution in [1.82, 2.24) is 14.9 Å². The number of ether oxygens (including phenoxy) is 2. The van der Waals surface area contributed by atoms with E-state index in [0.29, 0.717) is 30.7 Å². The molecule has 3 aliphatic rings. The molecule has 15 heteroatoms. The van der Waals surface area contributed by atoms with Gasteiger partial charge in [-0.2, -0.15) is 19.6 Å². The molecule has 2 aromatic carbocycles. The summed E-state index contributed by atoms with van der Waals surface area (Å²) in [7, 11) is 0. The highest BCUT2D eigenvalue weighted by atomic mass is 35.5. The summed E-state index contributed by atoms with van der Waals surface area (Å²) in [6.45, 7) is 1.86. The van der Waals surface area contributed by atoms with E-state index in [0.717, 1.165) is 12.5 Å². The fourth-order valence-corrected chi connectivity index (χ4v) is 8.39. The number of benzene rings is 2. The Labute approximate surface area is 268 Å². The minimum Gasteiger partial charge on any atom is -0.489 e. The molecular weight excluding hydrogens is 656 g/mol. The maximum atomic E-state index is 16.9. The summed E-state index contributed by atoms with van der Waals surface area (Å²) in [4.78, 5) is 12.2. The molecular formula is C31H26ClF6N5O2S. The van der Waals surface area contributed by atoms with Gasteiger partial charge in [0, 0.05) is 23.9 Å². The Morgan fingerprint density at radius 3 is 2.78 bits per heavy atom. The van der Waals surface area contributed by atoms with Crippen molar-refractivity contribution < 1.29 is 35.8 Å². The number of halogens is 7. The molecule has 7 nitrogen and oxygen atoms in total. The fourth-order valence-electron chi connectivity index (χ4n) is 7.14. The number of nitrogens with zero attached hydrogens (tertiary/aromatic N) is 5. The zero-order valence-corrected chi connectivity index (χ0v) is 25.9. The minimum absolute atomic E-state index is 0.00582. The van der Waals surface area contributed by atoms with Crippen LogP contribution in [-0.2, 0) is 0 Å². The van der Waals surface area contributed by atoms with Crippen molar-refractivity contribution in [1.29, 1.82) is 5.26 Å². The second-order valence-corrected chi connectivity index (χ2v) is 13.2. The predicted octanol–water partition coefficient (Wildman–Crippen LogP) is 7.65. The molecule has 0 aliphatic carbocycles. The molecule has 0 bridgehead atoms. The number of thiophene rings is 1. The van der Waals surface area contributed by atoms with E-state index in [2.05, 4.69) is 9.97 Å². The van der Waals surface area contributed by atoms with Gasteiger partial charge in [-0.05, 0) is 37.4 Å². The van der Waals surface area contributed by atoms with Crippen LogP contribution >= 0.6 is 22.9 Å². The van der Waals surface area contributed by atoms with Crippen molar-refractivity contribution in [2.45, 2.75) is 56.8 Å². The van der Waals surface area contributed by atoms with Crippen LogP contribution in [0.1, 0.15) is 38.2 Å². The highest BCUT2D eigenvalue weighted by Gasteiger charge is 2.49. The number of anilines is 1. The summed E-state index contributed by atoms with van der Waals surface area (Å²) < 4.78 is 101. The van der Waals surface area contributed by atoms with E-state index >= 15 is 4.39 Å². The van der Waals surface area contributed by atoms with Crippen molar-refractivity contribution in [3.05, 3.63) is 39.5 Å². The number of alkyl halides is 3. The lowest BCUT2D eigenvalue weighted by Gasteiger charge is -2.32. The number of hydrogen-bond acceptors (Lipinski definition) is 8. The third kappa shape index (κ3) is 4.81. The first-order valence-corrected chi connectivity index (χ1v) is 16.0. The van der Waals surface area contributed by atoms with Crippen LogP contribution in [0.4, 0.5) is 32.2 Å². The number of hydrogen-bond donors (Lipinski definition) is 0. The van der Waals surface area contributed by atoms with E-state index in [1.807, 2.05) is 4.90 Å². The number of rotatable bonds is 7. The van der Waals surface area contributed by atoms with Crippen molar-refractivity contribution in [3.63, 3.8) is 0 Å². The van der Waals surface area contributed by atoms with Gasteiger partial charge in [0.15, 0.2) is 16.7 Å². The quantitative estimate of drug-likeness (QED) is 0.186. The first-order chi connectivity index (χ1) is 22.1. The molecule has 7 rings (SSSR count). The predicted molar refractivity (Wildman–Crippen MR) is 161 cm³/mol. The van der Waals surface area contributed by atoms with Crippen LogP contribution in [0.25, 0.3) is 32.1 Å². The average Bonchev–Trinajstić information content (AvgIpc) is 3.63. The normalized spacial score (nSPS) is 22.8. The van der Waals surface area contributed by atoms with E-state index in [4.69, 9.17) is 21.1 Å². The zero-order valence-electron chi connectivity index (χ0n) is 24.4. The van der Waals surface area contributed by atoms with Crippen molar-refractivity contribution in [2.75, 3.05) is 37.7 Å². The van der Waals surface area contributed by atoms with Crippen LogP contribution in [0.3, 0.4) is 0 Å². The number of fused-ring (bicyclic) bond motifs is 2. The second-order valence-electron chi connectivity index (χ2n) is 11.8. The lowest BCUT2D eigenvalue weighted by molar-refractivity contribution is 0.107. The summed E-state index contributed by atoms with van der Waals surface area (Å²) in [5.74, 6) is -2.05. The average molecular weight is 682 g/mol. The van der Waals surface area contributed by atoms with Crippen molar-refractivity contribution >= 4 is 49.7 Å². The van der Waals surface area contributed by atoms with Gasteiger partial charge >= 0.3 is 6.01 Å². The Kier molecular flexibility index (Phi) is 7.84. The maximum Gasteiger partial charge on any atom is 0.319 e. The van der Waals surface area contributed by atoms with Crippen LogP contribution in [0, 0.1) is 28.1 Å². The second kappa shape index (κ2) is 11.6. The molecule has 3 aliphatic heterocycles. The summed E-state index contributed by atoms with van der Waals surface area (Å²) >= 11 is 7.23. The number of aromatic nitrogens is 2. The Morgan fingerprint density at radius 1 is 1.24 bits per heavy atom. The molecule has 242 valence electrons. The molecule has 0 saturated carbocycles. The number of nitriles is 1. The molecule has 2 fully saturated rings. The van der Waals surface area contributed by atoms with Crippen LogP contribution in [0.5, 0.6) is 11.8 Å². The molecule has 4 aromatic rings. The Hall–Kier alpha value is -3.54. The van der Waals surface area contributed by atoms with E-state index in [-0.39, 0.29) is 80.9 Å². The lowest BCUT2D eigenvalue weighted by atomic mass is 9.95. The first-order valence-electron chi connectivity index (χ1n) is 14.8. The Balaban J connectivity index is 1.47. The first kappa shape index (κ1) is 31.1. The van der Waals surface area contributed by atoms with Crippen LogP contribution in [0.15, 0.2) is 12.1 Å². The van der Waals surface area contributed by atoms with E-state index in [1.165, 1.54) is 11.0 Å². The van der Waals surface area contributed by atoms with Gasteiger partial charge in [-0.25, -0.2) is 22.0 Å². The standard InChI is InChI=1S/C31H26ClF6N5O2S/c1-2-15-12-44-26-22-25(24(37)21(23(26)32)16-4-5-18(34)27-20(16)17(9-39)28(38)46-27)40-30(41-29(22)43(15)11-19(35)36)45-13-31-6-3-7-42(31)10-14(33)8-31/h4-5,14-15,19H,2-3,6-8,10-13H2,1H3/t14-,15+,31+/m1/s1. The van der Waals surface area contributed by atoms with E-state index in [1.54, 1.807) is 13.0 Å². The third-order valence-electron chi connectivity index (χ3n) is 9.24. The highest BCUT2D eigenvalue weighted by molar-refractivity contribution is 7.17. The SMILES string of the molecule is CC[C@H]1COc2c(Cl)c(-c3ccc(F)c4sc(F)c(C#N)c34)c(F)c3nc(OC[C@@]45CCCN4C[C@H](F)C5)nc(c23)N1CC(F)F. The van der Waals surface area contributed by atoms with Gasteiger partial charge in [0.05, 0.1) is 33.2 Å². The van der Waals surface area contributed by atoms with Crippen LogP contribution in [-0.4, -0.2) is 71.9 Å². The summed E-state index contributed by atoms with van der Waals surface area (Å²) in [5, 5.41) is 8.19. The maximum absolute atomic E-state index is 16.9. The molecule has 46 heavy (non-hydrogen) atoms. The van der Waals surface area contributed by atoms with E-state index in [9.17, 15) is 27.2 Å². The Bertz CT molecular complexity index is 1920. The van der Waals surface area contributed by atoms with Gasteiger partial charge < -0.3 is 14.4 Å². The summed E-state index contributed by atoms with van der Waals surface area (Å²) in [5.41, 5.74) is -1.89. The molecule has 0 unspecified atom stereocenters. The largest absolute Gasteiger partial charge is 0.489 e. The zero-order chi connectivity index (χ0) is 32.5. The fraction of sp³-hybridized carbons (Fsp3) is 0.452. The Morgan fingerprint density at radius 2 is 2.04 bits per heavy atom. The summed E-state index contributed by atoms with van der Waals surface area (Å²) in [6.07, 6.45) is -1.71. The summed E-state index contributed by atoms with van der Waals surface area (Å²) in [6, 6.07) is 2.97. The van der Waals surface area contributed by atoms with Crippen LogP contribution < -0.4 is 14.4 Å².